The fourth-order valence-corrected chi connectivity index (χ4v) is 3.05. The molecule has 0 atom stereocenters. The fourth-order valence-electron chi connectivity index (χ4n) is 3.05. The third kappa shape index (κ3) is 1.59. The van der Waals surface area contributed by atoms with E-state index in [1.807, 2.05) is 6.07 Å². The molecule has 0 bridgehead atoms. The van der Waals surface area contributed by atoms with E-state index in [0.29, 0.717) is 11.8 Å². The summed E-state index contributed by atoms with van der Waals surface area (Å²) in [5.74, 6) is 1.99. The molecule has 0 aliphatic heterocycles. The van der Waals surface area contributed by atoms with E-state index < -0.39 is 0 Å². The lowest BCUT2D eigenvalue weighted by molar-refractivity contribution is 0.685. The first-order valence-corrected chi connectivity index (χ1v) is 6.97. The van der Waals surface area contributed by atoms with Crippen molar-refractivity contribution in [2.45, 2.75) is 50.4 Å². The van der Waals surface area contributed by atoms with E-state index in [1.165, 1.54) is 44.2 Å². The Morgan fingerprint density at radius 2 is 1.72 bits per heavy atom. The first-order chi connectivity index (χ1) is 8.81. The average Bonchev–Trinajstić information content (AvgIpc) is 2.91. The van der Waals surface area contributed by atoms with E-state index in [0.717, 1.165) is 17.2 Å². The molecule has 0 spiro atoms. The highest BCUT2D eigenvalue weighted by atomic mass is 15.3. The second-order valence-electron chi connectivity index (χ2n) is 5.70. The molecular formula is C14H18N4. The summed E-state index contributed by atoms with van der Waals surface area (Å²) in [6.07, 6.45) is 7.69. The van der Waals surface area contributed by atoms with Crippen molar-refractivity contribution in [3.8, 4) is 0 Å². The van der Waals surface area contributed by atoms with Gasteiger partial charge in [-0.1, -0.05) is 12.8 Å². The zero-order valence-electron chi connectivity index (χ0n) is 10.5. The highest BCUT2D eigenvalue weighted by molar-refractivity contribution is 5.49. The second-order valence-corrected chi connectivity index (χ2v) is 5.70. The van der Waals surface area contributed by atoms with Crippen molar-refractivity contribution >= 4 is 11.5 Å². The van der Waals surface area contributed by atoms with Gasteiger partial charge in [0.2, 0.25) is 0 Å². The molecule has 0 amide bonds. The Kier molecular flexibility index (Phi) is 2.13. The van der Waals surface area contributed by atoms with E-state index >= 15 is 0 Å². The molecule has 2 aliphatic carbocycles. The number of rotatable bonds is 2. The van der Waals surface area contributed by atoms with Crippen LogP contribution >= 0.6 is 0 Å². The number of anilines is 1. The van der Waals surface area contributed by atoms with Gasteiger partial charge >= 0.3 is 0 Å². The van der Waals surface area contributed by atoms with Gasteiger partial charge in [-0.2, -0.15) is 9.61 Å². The van der Waals surface area contributed by atoms with Crippen molar-refractivity contribution in [2.75, 3.05) is 5.73 Å². The van der Waals surface area contributed by atoms with E-state index in [4.69, 9.17) is 10.7 Å². The molecule has 0 unspecified atom stereocenters. The monoisotopic (exact) mass is 242 g/mol. The number of hydrogen-bond donors (Lipinski definition) is 1. The SMILES string of the molecule is Nc1cc(C2CC2)nc2cc(C3CCCC3)nn12. The van der Waals surface area contributed by atoms with Gasteiger partial charge in [-0.15, -0.1) is 0 Å². The maximum atomic E-state index is 6.10. The molecule has 2 fully saturated rings. The topological polar surface area (TPSA) is 56.2 Å². The average molecular weight is 242 g/mol. The van der Waals surface area contributed by atoms with Crippen molar-refractivity contribution in [3.05, 3.63) is 23.5 Å². The van der Waals surface area contributed by atoms with Gasteiger partial charge in [-0.25, -0.2) is 4.98 Å². The highest BCUT2D eigenvalue weighted by Crippen LogP contribution is 2.40. The molecule has 2 aromatic heterocycles. The molecule has 0 saturated heterocycles. The largest absolute Gasteiger partial charge is 0.384 e. The van der Waals surface area contributed by atoms with Crippen LogP contribution in [0, 0.1) is 0 Å². The number of nitrogens with two attached hydrogens (primary N) is 1. The molecule has 94 valence electrons. The Hall–Kier alpha value is -1.58. The first-order valence-electron chi connectivity index (χ1n) is 6.97. The van der Waals surface area contributed by atoms with Gasteiger partial charge in [-0.3, -0.25) is 0 Å². The van der Waals surface area contributed by atoms with Gasteiger partial charge in [0.15, 0.2) is 5.65 Å². The Balaban J connectivity index is 1.80. The van der Waals surface area contributed by atoms with Crippen LogP contribution in [0.5, 0.6) is 0 Å². The molecule has 4 heteroatoms. The predicted octanol–water partition coefficient (Wildman–Crippen LogP) is 2.85. The summed E-state index contributed by atoms with van der Waals surface area (Å²) < 4.78 is 1.81. The van der Waals surface area contributed by atoms with Crippen molar-refractivity contribution in [2.24, 2.45) is 0 Å². The third-order valence-corrected chi connectivity index (χ3v) is 4.26. The number of nitrogens with zero attached hydrogens (tertiary/aromatic N) is 3. The predicted molar refractivity (Wildman–Crippen MR) is 70.6 cm³/mol. The van der Waals surface area contributed by atoms with Crippen LogP contribution in [0.1, 0.15) is 61.7 Å². The van der Waals surface area contributed by atoms with Crippen molar-refractivity contribution < 1.29 is 0 Å². The smallest absolute Gasteiger partial charge is 0.157 e. The van der Waals surface area contributed by atoms with Gasteiger partial charge in [0.25, 0.3) is 0 Å². The molecule has 2 aliphatic rings. The Morgan fingerprint density at radius 1 is 1.00 bits per heavy atom. The molecule has 4 rings (SSSR count). The summed E-state index contributed by atoms with van der Waals surface area (Å²) in [4.78, 5) is 4.71. The summed E-state index contributed by atoms with van der Waals surface area (Å²) >= 11 is 0. The van der Waals surface area contributed by atoms with Crippen LogP contribution < -0.4 is 5.73 Å². The minimum Gasteiger partial charge on any atom is -0.384 e. The van der Waals surface area contributed by atoms with Crippen LogP contribution in [0.15, 0.2) is 12.1 Å². The van der Waals surface area contributed by atoms with Gasteiger partial charge in [0.1, 0.15) is 5.82 Å². The number of nitrogen functional groups attached to an aromatic ring is 1. The second kappa shape index (κ2) is 3.70. The molecule has 0 aromatic carbocycles. The minimum atomic E-state index is 0.621. The molecule has 2 saturated carbocycles. The molecule has 4 nitrogen and oxygen atoms in total. The summed E-state index contributed by atoms with van der Waals surface area (Å²) in [5.41, 5.74) is 9.36. The van der Waals surface area contributed by atoms with E-state index in [1.54, 1.807) is 4.52 Å². The third-order valence-electron chi connectivity index (χ3n) is 4.26. The van der Waals surface area contributed by atoms with Crippen LogP contribution in [0.25, 0.3) is 5.65 Å². The lowest BCUT2D eigenvalue weighted by atomic mass is 10.1. The molecule has 2 aromatic rings. The minimum absolute atomic E-state index is 0.621. The van der Waals surface area contributed by atoms with Crippen molar-refractivity contribution in [1.82, 2.24) is 14.6 Å². The molecular weight excluding hydrogens is 224 g/mol. The van der Waals surface area contributed by atoms with Crippen LogP contribution in [-0.4, -0.2) is 14.6 Å². The van der Waals surface area contributed by atoms with Gasteiger partial charge in [-0.05, 0) is 25.7 Å². The maximum absolute atomic E-state index is 6.10. The van der Waals surface area contributed by atoms with Crippen LogP contribution in [-0.2, 0) is 0 Å². The molecule has 18 heavy (non-hydrogen) atoms. The molecule has 0 radical (unpaired) electrons. The molecule has 2 N–H and O–H groups in total. The number of hydrogen-bond acceptors (Lipinski definition) is 3. The van der Waals surface area contributed by atoms with Crippen LogP contribution in [0.4, 0.5) is 5.82 Å². The zero-order chi connectivity index (χ0) is 12.1. The van der Waals surface area contributed by atoms with Gasteiger partial charge < -0.3 is 5.73 Å². The van der Waals surface area contributed by atoms with E-state index in [9.17, 15) is 0 Å². The van der Waals surface area contributed by atoms with E-state index in [2.05, 4.69) is 11.2 Å². The van der Waals surface area contributed by atoms with Crippen molar-refractivity contribution in [3.63, 3.8) is 0 Å². The van der Waals surface area contributed by atoms with Gasteiger partial charge in [0.05, 0.1) is 5.69 Å². The lowest BCUT2D eigenvalue weighted by Crippen LogP contribution is -2.03. The van der Waals surface area contributed by atoms with E-state index in [-0.39, 0.29) is 0 Å². The zero-order valence-corrected chi connectivity index (χ0v) is 10.5. The van der Waals surface area contributed by atoms with Crippen LogP contribution in [0.3, 0.4) is 0 Å². The fraction of sp³-hybridized carbons (Fsp3) is 0.571. The summed E-state index contributed by atoms with van der Waals surface area (Å²) in [6.45, 7) is 0. The summed E-state index contributed by atoms with van der Waals surface area (Å²) in [6, 6.07) is 4.13. The first kappa shape index (κ1) is 10.4. The normalized spacial score (nSPS) is 20.9. The van der Waals surface area contributed by atoms with Gasteiger partial charge in [0, 0.05) is 29.7 Å². The summed E-state index contributed by atoms with van der Waals surface area (Å²) in [7, 11) is 0. The Morgan fingerprint density at radius 3 is 2.44 bits per heavy atom. The maximum Gasteiger partial charge on any atom is 0.157 e. The standard InChI is InChI=1S/C14H18N4/c15-13-7-11(10-5-6-10)16-14-8-12(17-18(13)14)9-3-1-2-4-9/h7-10H,1-6,15H2. The Labute approximate surface area is 106 Å². The highest BCUT2D eigenvalue weighted by Gasteiger charge is 2.27. The Bertz CT molecular complexity index is 591. The molecule has 2 heterocycles. The summed E-state index contributed by atoms with van der Waals surface area (Å²) in [5, 5.41) is 4.64. The quantitative estimate of drug-likeness (QED) is 0.881. The van der Waals surface area contributed by atoms with Crippen LogP contribution in [0.2, 0.25) is 0 Å². The lowest BCUT2D eigenvalue weighted by Gasteiger charge is -2.03. The number of fused-ring (bicyclic) bond motifs is 1. The van der Waals surface area contributed by atoms with Crippen molar-refractivity contribution in [1.29, 1.82) is 0 Å². The number of aromatic nitrogens is 3.